The van der Waals surface area contributed by atoms with E-state index >= 15 is 0 Å². The monoisotopic (exact) mass is 338 g/mol. The van der Waals surface area contributed by atoms with E-state index in [1.807, 2.05) is 41.6 Å². The molecule has 0 spiro atoms. The molecule has 3 heterocycles. The second kappa shape index (κ2) is 6.70. The average Bonchev–Trinajstić information content (AvgIpc) is 3.24. The minimum absolute atomic E-state index is 0.0403. The Balaban J connectivity index is 1.33. The van der Waals surface area contributed by atoms with Crippen molar-refractivity contribution < 1.29 is 9.59 Å². The molecule has 6 nitrogen and oxygen atoms in total. The molecular weight excluding hydrogens is 316 g/mol. The predicted molar refractivity (Wildman–Crippen MR) is 94.2 cm³/mol. The Hall–Kier alpha value is -2.63. The second-order valence-electron chi connectivity index (χ2n) is 6.79. The Bertz CT molecular complexity index is 781. The van der Waals surface area contributed by atoms with Crippen molar-refractivity contribution in [2.24, 2.45) is 0 Å². The van der Waals surface area contributed by atoms with Gasteiger partial charge in [0.2, 0.25) is 11.8 Å². The molecule has 130 valence electrons. The van der Waals surface area contributed by atoms with Gasteiger partial charge in [-0.15, -0.1) is 0 Å². The van der Waals surface area contributed by atoms with Crippen molar-refractivity contribution in [3.05, 3.63) is 48.0 Å². The number of anilines is 1. The summed E-state index contributed by atoms with van der Waals surface area (Å²) in [7, 11) is 0. The number of amides is 2. The number of fused-ring (bicyclic) bond motifs is 1. The van der Waals surface area contributed by atoms with Gasteiger partial charge in [0.1, 0.15) is 5.82 Å². The van der Waals surface area contributed by atoms with Crippen molar-refractivity contribution in [3.63, 3.8) is 0 Å². The van der Waals surface area contributed by atoms with Gasteiger partial charge in [0, 0.05) is 50.1 Å². The van der Waals surface area contributed by atoms with Crippen LogP contribution in [0.25, 0.3) is 0 Å². The SMILES string of the molecule is O=C(Cc1ccc(N2CCCC2=O)cc1)NC1CCc2nccn2C1. The Kier molecular flexibility index (Phi) is 4.26. The first kappa shape index (κ1) is 15.9. The third-order valence-corrected chi connectivity index (χ3v) is 4.99. The molecule has 4 rings (SSSR count). The first-order chi connectivity index (χ1) is 12.2. The zero-order chi connectivity index (χ0) is 17.2. The van der Waals surface area contributed by atoms with Crippen LogP contribution in [0.4, 0.5) is 5.69 Å². The Morgan fingerprint density at radius 1 is 1.24 bits per heavy atom. The summed E-state index contributed by atoms with van der Waals surface area (Å²) >= 11 is 0. The van der Waals surface area contributed by atoms with Gasteiger partial charge >= 0.3 is 0 Å². The van der Waals surface area contributed by atoms with Gasteiger partial charge in [-0.25, -0.2) is 4.98 Å². The lowest BCUT2D eigenvalue weighted by Crippen LogP contribution is -2.41. The van der Waals surface area contributed by atoms with Gasteiger partial charge in [-0.3, -0.25) is 9.59 Å². The van der Waals surface area contributed by atoms with E-state index in [9.17, 15) is 9.59 Å². The molecule has 2 aliphatic heterocycles. The highest BCUT2D eigenvalue weighted by Crippen LogP contribution is 2.21. The van der Waals surface area contributed by atoms with Crippen LogP contribution in [0.1, 0.15) is 30.7 Å². The molecule has 1 fully saturated rings. The van der Waals surface area contributed by atoms with Crippen LogP contribution in [0.5, 0.6) is 0 Å². The van der Waals surface area contributed by atoms with Crippen LogP contribution in [-0.2, 0) is 29.0 Å². The Morgan fingerprint density at radius 2 is 2.08 bits per heavy atom. The summed E-state index contributed by atoms with van der Waals surface area (Å²) in [6, 6.07) is 7.91. The molecule has 0 aliphatic carbocycles. The standard InChI is InChI=1S/C19H22N4O2/c24-18(21-15-5-8-17-20-9-11-22(17)13-15)12-14-3-6-16(7-4-14)23-10-1-2-19(23)25/h3-4,6-7,9,11,15H,1-2,5,8,10,12-13H2,(H,21,24). The fourth-order valence-corrected chi connectivity index (χ4v) is 3.66. The number of nitrogens with zero attached hydrogens (tertiary/aromatic N) is 3. The number of aryl methyl sites for hydroxylation is 1. The van der Waals surface area contributed by atoms with E-state index in [1.165, 1.54) is 0 Å². The average molecular weight is 338 g/mol. The molecule has 2 amide bonds. The largest absolute Gasteiger partial charge is 0.351 e. The smallest absolute Gasteiger partial charge is 0.227 e. The van der Waals surface area contributed by atoms with Crippen molar-refractivity contribution in [1.82, 2.24) is 14.9 Å². The lowest BCUT2D eigenvalue weighted by molar-refractivity contribution is -0.121. The van der Waals surface area contributed by atoms with Gasteiger partial charge in [-0.2, -0.15) is 0 Å². The van der Waals surface area contributed by atoms with Crippen LogP contribution >= 0.6 is 0 Å². The summed E-state index contributed by atoms with van der Waals surface area (Å²) in [6.45, 7) is 1.58. The number of rotatable bonds is 4. The van der Waals surface area contributed by atoms with Crippen LogP contribution in [0.2, 0.25) is 0 Å². The topological polar surface area (TPSA) is 67.2 Å². The van der Waals surface area contributed by atoms with Gasteiger partial charge in [0.15, 0.2) is 0 Å². The molecule has 25 heavy (non-hydrogen) atoms. The number of aromatic nitrogens is 2. The number of carbonyl (C=O) groups excluding carboxylic acids is 2. The lowest BCUT2D eigenvalue weighted by Gasteiger charge is -2.24. The van der Waals surface area contributed by atoms with Gasteiger partial charge in [-0.1, -0.05) is 12.1 Å². The van der Waals surface area contributed by atoms with Crippen LogP contribution in [0, 0.1) is 0 Å². The molecule has 1 unspecified atom stereocenters. The minimum Gasteiger partial charge on any atom is -0.351 e. The maximum atomic E-state index is 12.3. The molecular formula is C19H22N4O2. The van der Waals surface area contributed by atoms with E-state index < -0.39 is 0 Å². The van der Waals surface area contributed by atoms with Crippen molar-refractivity contribution in [2.75, 3.05) is 11.4 Å². The third-order valence-electron chi connectivity index (χ3n) is 4.99. The van der Waals surface area contributed by atoms with Crippen LogP contribution in [-0.4, -0.2) is 34.0 Å². The molecule has 6 heteroatoms. The van der Waals surface area contributed by atoms with E-state index in [0.29, 0.717) is 12.8 Å². The minimum atomic E-state index is 0.0403. The summed E-state index contributed by atoms with van der Waals surface area (Å²) in [5.74, 6) is 1.32. The van der Waals surface area contributed by atoms with Crippen molar-refractivity contribution in [1.29, 1.82) is 0 Å². The first-order valence-electron chi connectivity index (χ1n) is 8.88. The molecule has 1 atom stereocenters. The molecule has 0 saturated carbocycles. The Labute approximate surface area is 146 Å². The van der Waals surface area contributed by atoms with Crippen LogP contribution in [0.3, 0.4) is 0 Å². The fraction of sp³-hybridized carbons (Fsp3) is 0.421. The molecule has 1 aromatic heterocycles. The number of carbonyl (C=O) groups is 2. The summed E-state index contributed by atoms with van der Waals surface area (Å²) in [6.07, 6.45) is 7.52. The van der Waals surface area contributed by atoms with Gasteiger partial charge in [0.25, 0.3) is 0 Å². The van der Waals surface area contributed by atoms with Gasteiger partial charge < -0.3 is 14.8 Å². The van der Waals surface area contributed by atoms with E-state index in [4.69, 9.17) is 0 Å². The number of hydrogen-bond acceptors (Lipinski definition) is 3. The summed E-state index contributed by atoms with van der Waals surface area (Å²) in [5.41, 5.74) is 1.89. The molecule has 0 bridgehead atoms. The zero-order valence-electron chi connectivity index (χ0n) is 14.1. The predicted octanol–water partition coefficient (Wildman–Crippen LogP) is 1.68. The summed E-state index contributed by atoms with van der Waals surface area (Å²) in [4.78, 5) is 30.2. The summed E-state index contributed by atoms with van der Waals surface area (Å²) in [5, 5.41) is 3.12. The van der Waals surface area contributed by atoms with E-state index in [0.717, 1.165) is 49.4 Å². The van der Waals surface area contributed by atoms with Gasteiger partial charge in [0.05, 0.1) is 6.42 Å². The van der Waals surface area contributed by atoms with E-state index in [-0.39, 0.29) is 17.9 Å². The van der Waals surface area contributed by atoms with Crippen LogP contribution < -0.4 is 10.2 Å². The van der Waals surface area contributed by atoms with E-state index in [1.54, 1.807) is 0 Å². The number of nitrogens with one attached hydrogen (secondary N) is 1. The van der Waals surface area contributed by atoms with Gasteiger partial charge in [-0.05, 0) is 30.5 Å². The normalized spacial score (nSPS) is 19.8. The van der Waals surface area contributed by atoms with Crippen LogP contribution in [0.15, 0.2) is 36.7 Å². The number of hydrogen-bond donors (Lipinski definition) is 1. The van der Waals surface area contributed by atoms with Crippen molar-refractivity contribution in [3.8, 4) is 0 Å². The summed E-state index contributed by atoms with van der Waals surface area (Å²) < 4.78 is 2.11. The highest BCUT2D eigenvalue weighted by Gasteiger charge is 2.22. The third kappa shape index (κ3) is 3.43. The molecule has 2 aliphatic rings. The lowest BCUT2D eigenvalue weighted by atomic mass is 10.1. The molecule has 1 saturated heterocycles. The quantitative estimate of drug-likeness (QED) is 0.922. The van der Waals surface area contributed by atoms with E-state index in [2.05, 4.69) is 14.9 Å². The number of imidazole rings is 1. The zero-order valence-corrected chi connectivity index (χ0v) is 14.1. The highest BCUT2D eigenvalue weighted by atomic mass is 16.2. The Morgan fingerprint density at radius 3 is 2.84 bits per heavy atom. The molecule has 0 radical (unpaired) electrons. The first-order valence-corrected chi connectivity index (χ1v) is 8.88. The maximum absolute atomic E-state index is 12.3. The molecule has 1 N–H and O–H groups in total. The maximum Gasteiger partial charge on any atom is 0.227 e. The fourth-order valence-electron chi connectivity index (χ4n) is 3.66. The van der Waals surface area contributed by atoms with Crippen molar-refractivity contribution in [2.45, 2.75) is 44.7 Å². The molecule has 2 aromatic rings. The van der Waals surface area contributed by atoms with Crippen molar-refractivity contribution >= 4 is 17.5 Å². The molecule has 1 aromatic carbocycles. The second-order valence-corrected chi connectivity index (χ2v) is 6.79. The highest BCUT2D eigenvalue weighted by molar-refractivity contribution is 5.95. The number of benzene rings is 1.